The monoisotopic (exact) mass is 343 g/mol. The first-order valence-corrected chi connectivity index (χ1v) is 8.85. The molecule has 0 unspecified atom stereocenters. The summed E-state index contributed by atoms with van der Waals surface area (Å²) < 4.78 is 27.7. The topological polar surface area (TPSA) is 46.2 Å². The van der Waals surface area contributed by atoms with Crippen LogP contribution in [0, 0.1) is 0 Å². The third-order valence-corrected chi connectivity index (χ3v) is 5.01. The summed E-state index contributed by atoms with van der Waals surface area (Å²) in [5, 5.41) is 0.494. The van der Waals surface area contributed by atoms with E-state index < -0.39 is 10.0 Å². The van der Waals surface area contributed by atoms with Gasteiger partial charge in [-0.25, -0.2) is 8.42 Å². The highest BCUT2D eigenvalue weighted by atomic mass is 35.5. The lowest BCUT2D eigenvalue weighted by molar-refractivity contribution is 0.601. The number of sulfonamides is 1. The molecule has 0 heterocycles. The van der Waals surface area contributed by atoms with Gasteiger partial charge in [0.05, 0.1) is 10.6 Å². The molecule has 0 atom stereocenters. The van der Waals surface area contributed by atoms with Crippen molar-refractivity contribution in [1.82, 2.24) is 0 Å². The van der Waals surface area contributed by atoms with E-state index in [1.54, 1.807) is 24.3 Å². The van der Waals surface area contributed by atoms with E-state index in [4.69, 9.17) is 11.6 Å². The molecule has 116 valence electrons. The first-order valence-electron chi connectivity index (χ1n) is 6.99. The number of para-hydroxylation sites is 1. The van der Waals surface area contributed by atoms with Gasteiger partial charge < -0.3 is 0 Å². The second-order valence-corrected chi connectivity index (χ2v) is 7.09. The van der Waals surface area contributed by atoms with Crippen LogP contribution in [0.4, 0.5) is 5.69 Å². The molecule has 0 spiro atoms. The van der Waals surface area contributed by atoms with Crippen molar-refractivity contribution in [3.63, 3.8) is 0 Å². The maximum absolute atomic E-state index is 12.5. The molecule has 3 rings (SSSR count). The Labute approximate surface area is 140 Å². The summed E-state index contributed by atoms with van der Waals surface area (Å²) in [5.41, 5.74) is 2.31. The molecule has 3 nitrogen and oxygen atoms in total. The van der Waals surface area contributed by atoms with Gasteiger partial charge in [-0.05, 0) is 35.9 Å². The molecule has 0 aliphatic heterocycles. The molecule has 3 aromatic rings. The molecule has 3 aromatic carbocycles. The minimum atomic E-state index is -3.67. The van der Waals surface area contributed by atoms with E-state index in [1.807, 2.05) is 42.5 Å². The number of rotatable bonds is 4. The Morgan fingerprint density at radius 2 is 1.35 bits per heavy atom. The second kappa shape index (κ2) is 6.44. The minimum Gasteiger partial charge on any atom is -0.279 e. The van der Waals surface area contributed by atoms with E-state index in [9.17, 15) is 8.42 Å². The van der Waals surface area contributed by atoms with Crippen molar-refractivity contribution in [2.75, 3.05) is 4.72 Å². The zero-order valence-corrected chi connectivity index (χ0v) is 13.7. The molecule has 0 aliphatic rings. The summed E-state index contributed by atoms with van der Waals surface area (Å²) in [5.74, 6) is 0. The second-order valence-electron chi connectivity index (χ2n) is 4.97. The van der Waals surface area contributed by atoms with Crippen LogP contribution in [-0.2, 0) is 10.0 Å². The van der Waals surface area contributed by atoms with Gasteiger partial charge in [-0.3, -0.25) is 4.72 Å². The largest absolute Gasteiger partial charge is 0.279 e. The van der Waals surface area contributed by atoms with Gasteiger partial charge in [-0.15, -0.1) is 0 Å². The number of anilines is 1. The van der Waals surface area contributed by atoms with Crippen LogP contribution in [-0.4, -0.2) is 8.42 Å². The van der Waals surface area contributed by atoms with Crippen LogP contribution < -0.4 is 4.72 Å². The number of benzene rings is 3. The average Bonchev–Trinajstić information content (AvgIpc) is 2.56. The van der Waals surface area contributed by atoms with E-state index in [0.29, 0.717) is 10.7 Å². The van der Waals surface area contributed by atoms with Gasteiger partial charge in [0.25, 0.3) is 10.0 Å². The van der Waals surface area contributed by atoms with Crippen molar-refractivity contribution in [3.05, 3.63) is 83.9 Å². The van der Waals surface area contributed by atoms with Gasteiger partial charge in [0.15, 0.2) is 0 Å². The Kier molecular flexibility index (Phi) is 4.37. The average molecular weight is 344 g/mol. The zero-order chi connectivity index (χ0) is 16.3. The van der Waals surface area contributed by atoms with Gasteiger partial charge in [0.2, 0.25) is 0 Å². The van der Waals surface area contributed by atoms with E-state index in [1.165, 1.54) is 12.1 Å². The van der Waals surface area contributed by atoms with Gasteiger partial charge in [-0.1, -0.05) is 60.1 Å². The summed E-state index contributed by atoms with van der Waals surface area (Å²) in [6.07, 6.45) is 0. The van der Waals surface area contributed by atoms with Crippen molar-refractivity contribution in [2.45, 2.75) is 4.90 Å². The Morgan fingerprint density at radius 1 is 0.739 bits per heavy atom. The van der Waals surface area contributed by atoms with Gasteiger partial charge in [0.1, 0.15) is 0 Å². The SMILES string of the molecule is O=S(=O)(Nc1ccccc1-c1ccccc1)c1ccc(Cl)cc1. The molecule has 0 bridgehead atoms. The molecule has 0 amide bonds. The maximum Gasteiger partial charge on any atom is 0.261 e. The lowest BCUT2D eigenvalue weighted by atomic mass is 10.0. The predicted octanol–water partition coefficient (Wildman–Crippen LogP) is 4.81. The molecule has 0 saturated carbocycles. The first kappa shape index (κ1) is 15.6. The van der Waals surface area contributed by atoms with Crippen LogP contribution in [0.25, 0.3) is 11.1 Å². The van der Waals surface area contributed by atoms with E-state index in [-0.39, 0.29) is 4.90 Å². The third kappa shape index (κ3) is 3.55. The highest BCUT2D eigenvalue weighted by Crippen LogP contribution is 2.29. The molecular weight excluding hydrogens is 330 g/mol. The molecule has 0 fully saturated rings. The van der Waals surface area contributed by atoms with Gasteiger partial charge in [-0.2, -0.15) is 0 Å². The summed E-state index contributed by atoms with van der Waals surface area (Å²) in [4.78, 5) is 0.171. The maximum atomic E-state index is 12.5. The van der Waals surface area contributed by atoms with Crippen LogP contribution in [0.15, 0.2) is 83.8 Å². The molecule has 0 saturated heterocycles. The van der Waals surface area contributed by atoms with Crippen molar-refractivity contribution in [2.24, 2.45) is 0 Å². The molecule has 0 aromatic heterocycles. The molecule has 1 N–H and O–H groups in total. The van der Waals surface area contributed by atoms with Crippen LogP contribution in [0.3, 0.4) is 0 Å². The normalized spacial score (nSPS) is 11.2. The standard InChI is InChI=1S/C18H14ClNO2S/c19-15-10-12-16(13-11-15)23(21,22)20-18-9-5-4-8-17(18)14-6-2-1-3-7-14/h1-13,20H. The summed E-state index contributed by atoms with van der Waals surface area (Å²) in [7, 11) is -3.67. The molecule has 5 heteroatoms. The highest BCUT2D eigenvalue weighted by molar-refractivity contribution is 7.92. The van der Waals surface area contributed by atoms with Crippen molar-refractivity contribution >= 4 is 27.3 Å². The first-order chi connectivity index (χ1) is 11.1. The lowest BCUT2D eigenvalue weighted by Crippen LogP contribution is -2.13. The zero-order valence-electron chi connectivity index (χ0n) is 12.1. The predicted molar refractivity (Wildman–Crippen MR) is 94.1 cm³/mol. The van der Waals surface area contributed by atoms with Crippen LogP contribution >= 0.6 is 11.6 Å². The van der Waals surface area contributed by atoms with Crippen LogP contribution in [0.5, 0.6) is 0 Å². The molecule has 0 aliphatic carbocycles. The van der Waals surface area contributed by atoms with Crippen molar-refractivity contribution in [3.8, 4) is 11.1 Å². The fourth-order valence-corrected chi connectivity index (χ4v) is 3.46. The Hall–Kier alpha value is -2.30. The van der Waals surface area contributed by atoms with E-state index >= 15 is 0 Å². The fourth-order valence-electron chi connectivity index (χ4n) is 2.26. The third-order valence-electron chi connectivity index (χ3n) is 3.38. The number of halogens is 1. The quantitative estimate of drug-likeness (QED) is 0.739. The molecule has 23 heavy (non-hydrogen) atoms. The Balaban J connectivity index is 1.99. The molecule has 0 radical (unpaired) electrons. The fraction of sp³-hybridized carbons (Fsp3) is 0. The van der Waals surface area contributed by atoms with E-state index in [2.05, 4.69) is 4.72 Å². The van der Waals surface area contributed by atoms with Crippen LogP contribution in [0.2, 0.25) is 5.02 Å². The highest BCUT2D eigenvalue weighted by Gasteiger charge is 2.16. The number of hydrogen-bond acceptors (Lipinski definition) is 2. The van der Waals surface area contributed by atoms with E-state index in [0.717, 1.165) is 11.1 Å². The van der Waals surface area contributed by atoms with Gasteiger partial charge in [0, 0.05) is 10.6 Å². The number of hydrogen-bond donors (Lipinski definition) is 1. The Bertz CT molecular complexity index is 907. The van der Waals surface area contributed by atoms with Crippen LogP contribution in [0.1, 0.15) is 0 Å². The minimum absolute atomic E-state index is 0.171. The summed E-state index contributed by atoms with van der Waals surface area (Å²) in [6, 6.07) is 23.0. The summed E-state index contributed by atoms with van der Waals surface area (Å²) in [6.45, 7) is 0. The van der Waals surface area contributed by atoms with Crippen molar-refractivity contribution < 1.29 is 8.42 Å². The smallest absolute Gasteiger partial charge is 0.261 e. The Morgan fingerprint density at radius 3 is 2.04 bits per heavy atom. The van der Waals surface area contributed by atoms with Gasteiger partial charge >= 0.3 is 0 Å². The van der Waals surface area contributed by atoms with Crippen molar-refractivity contribution in [1.29, 1.82) is 0 Å². The number of nitrogens with one attached hydrogen (secondary N) is 1. The molecular formula is C18H14ClNO2S. The lowest BCUT2D eigenvalue weighted by Gasteiger charge is -2.13. The summed E-state index contributed by atoms with van der Waals surface area (Å²) >= 11 is 5.81.